The molecule has 0 bridgehead atoms. The van der Waals surface area contributed by atoms with Gasteiger partial charge in [0.1, 0.15) is 11.2 Å². The van der Waals surface area contributed by atoms with Crippen LogP contribution in [0.5, 0.6) is 0 Å². The Labute approximate surface area is 186 Å². The number of carbonyl (C=O) groups is 1. The molecule has 8 nitrogen and oxygen atoms in total. The minimum Gasteiger partial charge on any atom is -0.443 e. The smallest absolute Gasteiger partial charge is 0.414 e. The van der Waals surface area contributed by atoms with Crippen molar-refractivity contribution in [1.29, 1.82) is 0 Å². The summed E-state index contributed by atoms with van der Waals surface area (Å²) in [6.07, 6.45) is -0.585. The van der Waals surface area contributed by atoms with Crippen molar-refractivity contribution in [2.75, 3.05) is 18.0 Å². The molecule has 0 saturated heterocycles. The van der Waals surface area contributed by atoms with Gasteiger partial charge in [0.05, 0.1) is 39.2 Å². The Morgan fingerprint density at radius 1 is 1.37 bits per heavy atom. The fourth-order valence-corrected chi connectivity index (χ4v) is 4.15. The van der Waals surface area contributed by atoms with Crippen LogP contribution in [0.3, 0.4) is 0 Å². The molecular weight excluding hydrogens is 428 g/mol. The summed E-state index contributed by atoms with van der Waals surface area (Å²) < 4.78 is 21.1. The van der Waals surface area contributed by atoms with Crippen LogP contribution in [0.4, 0.5) is 10.5 Å². The molecule has 1 amide bonds. The lowest BCUT2D eigenvalue weighted by atomic mass is 9.92. The van der Waals surface area contributed by atoms with Crippen LogP contribution in [0.15, 0.2) is 6.07 Å². The normalized spacial score (nSPS) is 22.4. The van der Waals surface area contributed by atoms with E-state index in [0.717, 1.165) is 0 Å². The molecule has 1 aliphatic heterocycles. The number of nitrogens with one attached hydrogen (secondary N) is 1. The van der Waals surface area contributed by atoms with E-state index in [1.807, 2.05) is 27.7 Å². The number of aliphatic hydroxyl groups is 1. The third-order valence-corrected chi connectivity index (χ3v) is 6.74. The van der Waals surface area contributed by atoms with E-state index in [4.69, 9.17) is 22.1 Å². The third-order valence-electron chi connectivity index (χ3n) is 4.73. The van der Waals surface area contributed by atoms with Crippen molar-refractivity contribution in [3.63, 3.8) is 0 Å². The molecule has 10 heteroatoms. The summed E-state index contributed by atoms with van der Waals surface area (Å²) in [7, 11) is -1.44. The first-order valence-electron chi connectivity index (χ1n) is 9.75. The number of aromatic nitrogens is 1. The molecule has 1 aliphatic rings. The van der Waals surface area contributed by atoms with Gasteiger partial charge in [-0.25, -0.2) is 18.7 Å². The highest BCUT2D eigenvalue weighted by atomic mass is 35.5. The highest BCUT2D eigenvalue weighted by Gasteiger charge is 2.47. The molecule has 0 aromatic carbocycles. The molecular formula is C20H33ClN4O4S. The Morgan fingerprint density at radius 3 is 2.40 bits per heavy atom. The van der Waals surface area contributed by atoms with Crippen molar-refractivity contribution >= 4 is 34.4 Å². The second-order valence-electron chi connectivity index (χ2n) is 10.1. The number of pyridine rings is 1. The molecule has 0 saturated carbocycles. The molecule has 3 atom stereocenters. The number of hydrogen-bond acceptors (Lipinski definition) is 6. The number of nitrogens with zero attached hydrogens (tertiary/aromatic N) is 2. The van der Waals surface area contributed by atoms with Crippen molar-refractivity contribution in [2.45, 2.75) is 76.9 Å². The van der Waals surface area contributed by atoms with E-state index >= 15 is 0 Å². The Bertz CT molecular complexity index is 864. The van der Waals surface area contributed by atoms with Crippen LogP contribution in [0.1, 0.15) is 66.6 Å². The summed E-state index contributed by atoms with van der Waals surface area (Å²) in [5, 5.41) is 10.7. The van der Waals surface area contributed by atoms with Gasteiger partial charge in [0.2, 0.25) is 0 Å². The van der Waals surface area contributed by atoms with Gasteiger partial charge in [-0.1, -0.05) is 11.6 Å². The summed E-state index contributed by atoms with van der Waals surface area (Å²) in [5.41, 5.74) is 3.89. The number of fused-ring (bicyclic) bond motifs is 1. The highest BCUT2D eigenvalue weighted by molar-refractivity contribution is 7.84. The number of amides is 1. The number of anilines is 1. The number of halogens is 1. The highest BCUT2D eigenvalue weighted by Crippen LogP contribution is 2.45. The lowest BCUT2D eigenvalue weighted by Gasteiger charge is -2.31. The van der Waals surface area contributed by atoms with E-state index in [0.29, 0.717) is 11.3 Å². The predicted octanol–water partition coefficient (Wildman–Crippen LogP) is 2.92. The van der Waals surface area contributed by atoms with Crippen molar-refractivity contribution in [2.24, 2.45) is 5.73 Å². The number of ether oxygens (including phenoxy) is 1. The zero-order valence-corrected chi connectivity index (χ0v) is 20.5. The molecule has 2 heterocycles. The molecule has 170 valence electrons. The van der Waals surface area contributed by atoms with Crippen LogP contribution in [0.25, 0.3) is 0 Å². The van der Waals surface area contributed by atoms with Crippen LogP contribution in [0.2, 0.25) is 5.15 Å². The topological polar surface area (TPSA) is 118 Å². The number of carbonyl (C=O) groups excluding carboxylic acids is 1. The monoisotopic (exact) mass is 460 g/mol. The van der Waals surface area contributed by atoms with Gasteiger partial charge in [-0.3, -0.25) is 4.90 Å². The van der Waals surface area contributed by atoms with Gasteiger partial charge >= 0.3 is 6.09 Å². The maximum atomic E-state index is 12.9. The largest absolute Gasteiger partial charge is 0.443 e. The minimum absolute atomic E-state index is 0.0363. The fraction of sp³-hybridized carbons (Fsp3) is 0.700. The number of rotatable bonds is 4. The average molecular weight is 461 g/mol. The average Bonchev–Trinajstić information content (AvgIpc) is 2.86. The fourth-order valence-electron chi connectivity index (χ4n) is 2.96. The quantitative estimate of drug-likeness (QED) is 0.594. The van der Waals surface area contributed by atoms with Crippen molar-refractivity contribution in [1.82, 2.24) is 9.71 Å². The molecule has 0 spiro atoms. The Morgan fingerprint density at radius 2 is 1.93 bits per heavy atom. The van der Waals surface area contributed by atoms with Crippen LogP contribution in [-0.4, -0.2) is 43.8 Å². The van der Waals surface area contributed by atoms with E-state index in [1.54, 1.807) is 26.8 Å². The summed E-state index contributed by atoms with van der Waals surface area (Å²) in [4.78, 5) is 18.6. The van der Waals surface area contributed by atoms with Gasteiger partial charge in [0, 0.05) is 12.1 Å². The summed E-state index contributed by atoms with van der Waals surface area (Å²) in [6, 6.07) is 1.66. The van der Waals surface area contributed by atoms with Crippen LogP contribution < -0.4 is 15.4 Å². The van der Waals surface area contributed by atoms with Gasteiger partial charge in [-0.2, -0.15) is 0 Å². The standard InChI is InChI=1S/C20H33ClN4O4S/c1-17(2,3)29-16(26)25-11-19(7,24-30(28)18(4,5)6)12-9-13(20(8,27)10-22)23-15(21)14(12)25/h9,24,27H,10-11,22H2,1-8H3/t19-,20?,30?/m1/s1. The molecule has 0 fully saturated rings. The second kappa shape index (κ2) is 8.02. The van der Waals surface area contributed by atoms with Crippen LogP contribution in [0, 0.1) is 0 Å². The zero-order chi connectivity index (χ0) is 23.3. The molecule has 0 aliphatic carbocycles. The molecule has 2 rings (SSSR count). The lowest BCUT2D eigenvalue weighted by Crippen LogP contribution is -2.50. The van der Waals surface area contributed by atoms with Crippen molar-refractivity contribution in [3.8, 4) is 0 Å². The van der Waals surface area contributed by atoms with Crippen molar-refractivity contribution in [3.05, 3.63) is 22.5 Å². The molecule has 2 unspecified atom stereocenters. The van der Waals surface area contributed by atoms with E-state index in [-0.39, 0.29) is 23.9 Å². The van der Waals surface area contributed by atoms with Gasteiger partial charge in [-0.15, -0.1) is 0 Å². The first-order valence-corrected chi connectivity index (χ1v) is 11.3. The molecule has 0 radical (unpaired) electrons. The van der Waals surface area contributed by atoms with E-state index < -0.39 is 38.6 Å². The molecule has 4 N–H and O–H groups in total. The SMILES string of the molecule is CC(C)(C)OC(=O)N1C[C@@](C)(NS(=O)C(C)(C)C)c2cc(C(C)(O)CN)nc(Cl)c21. The molecule has 30 heavy (non-hydrogen) atoms. The van der Waals surface area contributed by atoms with E-state index in [1.165, 1.54) is 11.8 Å². The van der Waals surface area contributed by atoms with Crippen molar-refractivity contribution < 1.29 is 18.8 Å². The first-order chi connectivity index (χ1) is 13.4. The Hall–Kier alpha value is -1.26. The van der Waals surface area contributed by atoms with E-state index in [9.17, 15) is 14.1 Å². The lowest BCUT2D eigenvalue weighted by molar-refractivity contribution is 0.0577. The maximum absolute atomic E-state index is 12.9. The Kier molecular flexibility index (Phi) is 6.68. The maximum Gasteiger partial charge on any atom is 0.414 e. The van der Waals surface area contributed by atoms with Crippen LogP contribution >= 0.6 is 11.6 Å². The molecule has 1 aromatic heterocycles. The summed E-state index contributed by atoms with van der Waals surface area (Å²) in [6.45, 7) is 14.3. The van der Waals surface area contributed by atoms with Gasteiger partial charge < -0.3 is 15.6 Å². The van der Waals surface area contributed by atoms with Gasteiger partial charge in [-0.05, 0) is 61.5 Å². The molecule has 1 aromatic rings. The van der Waals surface area contributed by atoms with E-state index in [2.05, 4.69) is 9.71 Å². The Balaban J connectivity index is 2.64. The third kappa shape index (κ3) is 5.13. The predicted molar refractivity (Wildman–Crippen MR) is 120 cm³/mol. The van der Waals surface area contributed by atoms with Crippen LogP contribution in [-0.2, 0) is 26.9 Å². The summed E-state index contributed by atoms with van der Waals surface area (Å²) in [5.74, 6) is 0. The van der Waals surface area contributed by atoms with Gasteiger partial charge in [0.25, 0.3) is 0 Å². The number of nitrogens with two attached hydrogens (primary N) is 1. The minimum atomic E-state index is -1.44. The first kappa shape index (κ1) is 25.0. The zero-order valence-electron chi connectivity index (χ0n) is 18.9. The second-order valence-corrected chi connectivity index (χ2v) is 12.4. The number of hydrogen-bond donors (Lipinski definition) is 3. The van der Waals surface area contributed by atoms with Gasteiger partial charge in [0.15, 0.2) is 5.15 Å². The summed E-state index contributed by atoms with van der Waals surface area (Å²) >= 11 is 6.49.